The highest BCUT2D eigenvalue weighted by molar-refractivity contribution is 5.95. The zero-order valence-electron chi connectivity index (χ0n) is 23.0. The van der Waals surface area contributed by atoms with E-state index in [1.807, 2.05) is 12.1 Å². The number of ether oxygens (including phenoxy) is 1. The molecule has 3 atom stereocenters. The van der Waals surface area contributed by atoms with Crippen LogP contribution in [0.25, 0.3) is 11.3 Å². The highest BCUT2D eigenvalue weighted by Crippen LogP contribution is 2.43. The van der Waals surface area contributed by atoms with Gasteiger partial charge in [-0.05, 0) is 60.1 Å². The second-order valence-electron chi connectivity index (χ2n) is 10.7. The van der Waals surface area contributed by atoms with E-state index in [0.29, 0.717) is 55.7 Å². The van der Waals surface area contributed by atoms with E-state index in [4.69, 9.17) is 4.74 Å². The Balaban J connectivity index is 1.35. The monoisotopic (exact) mass is 600 g/mol. The van der Waals surface area contributed by atoms with E-state index >= 15 is 0 Å². The molecule has 1 aliphatic heterocycles. The first-order valence-corrected chi connectivity index (χ1v) is 13.6. The Kier molecular flexibility index (Phi) is 8.34. The van der Waals surface area contributed by atoms with Crippen LogP contribution in [0.1, 0.15) is 47.4 Å². The molecule has 9 nitrogen and oxygen atoms in total. The fraction of sp³-hybridized carbons (Fsp3) is 0.367. The van der Waals surface area contributed by atoms with E-state index in [9.17, 15) is 37.1 Å². The SMILES string of the molecule is COC(=O)N1CCc2c(cnnc2-c2ccc([C@H]3CCC[C@@H](C(=O)Nc4ccc(C(F)(F)F)cc4F)[C@@H]3C(=O)O)cc2)C1. The summed E-state index contributed by atoms with van der Waals surface area (Å²) >= 11 is 0. The van der Waals surface area contributed by atoms with E-state index in [1.54, 1.807) is 23.2 Å². The van der Waals surface area contributed by atoms with Crippen molar-refractivity contribution in [2.75, 3.05) is 19.0 Å². The summed E-state index contributed by atoms with van der Waals surface area (Å²) in [7, 11) is 1.32. The fourth-order valence-electron chi connectivity index (χ4n) is 6.03. The van der Waals surface area contributed by atoms with Gasteiger partial charge in [-0.2, -0.15) is 23.4 Å². The molecule has 2 heterocycles. The number of amides is 2. The summed E-state index contributed by atoms with van der Waals surface area (Å²) in [5.41, 5.74) is 2.27. The lowest BCUT2D eigenvalue weighted by atomic mass is 9.69. The number of carbonyl (C=O) groups excluding carboxylic acids is 2. The van der Waals surface area contributed by atoms with Gasteiger partial charge in [0, 0.05) is 12.1 Å². The smallest absolute Gasteiger partial charge is 0.416 e. The molecule has 1 saturated carbocycles. The Morgan fingerprint density at radius 2 is 1.84 bits per heavy atom. The van der Waals surface area contributed by atoms with Crippen molar-refractivity contribution >= 4 is 23.7 Å². The molecule has 2 aromatic carbocycles. The van der Waals surface area contributed by atoms with Crippen LogP contribution in [0.3, 0.4) is 0 Å². The van der Waals surface area contributed by atoms with Gasteiger partial charge in [-0.1, -0.05) is 30.7 Å². The number of nitrogens with one attached hydrogen (secondary N) is 1. The summed E-state index contributed by atoms with van der Waals surface area (Å²) in [6, 6.07) is 8.97. The number of rotatable bonds is 5. The number of hydrogen-bond acceptors (Lipinski definition) is 6. The quantitative estimate of drug-likeness (QED) is 0.363. The van der Waals surface area contributed by atoms with Gasteiger partial charge in [0.1, 0.15) is 5.82 Å². The first-order chi connectivity index (χ1) is 20.5. The minimum Gasteiger partial charge on any atom is -0.481 e. The number of nitrogens with zero attached hydrogens (tertiary/aromatic N) is 3. The first kappa shape index (κ1) is 29.9. The van der Waals surface area contributed by atoms with Crippen molar-refractivity contribution in [2.24, 2.45) is 11.8 Å². The number of benzene rings is 2. The van der Waals surface area contributed by atoms with Crippen molar-refractivity contribution in [3.63, 3.8) is 0 Å². The number of carboxylic acids is 1. The van der Waals surface area contributed by atoms with Gasteiger partial charge in [0.05, 0.1) is 48.6 Å². The van der Waals surface area contributed by atoms with Gasteiger partial charge in [-0.3, -0.25) is 9.59 Å². The van der Waals surface area contributed by atoms with Gasteiger partial charge >= 0.3 is 18.2 Å². The Bertz CT molecular complexity index is 1550. The van der Waals surface area contributed by atoms with Crippen molar-refractivity contribution in [3.05, 3.63) is 76.7 Å². The molecule has 226 valence electrons. The maximum atomic E-state index is 14.4. The molecule has 1 fully saturated rings. The fourth-order valence-corrected chi connectivity index (χ4v) is 6.03. The predicted octanol–water partition coefficient (Wildman–Crippen LogP) is 5.65. The van der Waals surface area contributed by atoms with Crippen molar-refractivity contribution in [1.29, 1.82) is 0 Å². The normalized spacial score (nSPS) is 20.2. The molecule has 13 heteroatoms. The lowest BCUT2D eigenvalue weighted by Crippen LogP contribution is -2.40. The second kappa shape index (κ2) is 12.0. The summed E-state index contributed by atoms with van der Waals surface area (Å²) in [5.74, 6) is -5.91. The van der Waals surface area contributed by atoms with Gasteiger partial charge in [0.15, 0.2) is 0 Å². The maximum absolute atomic E-state index is 14.4. The summed E-state index contributed by atoms with van der Waals surface area (Å²) in [5, 5.41) is 20.9. The molecule has 0 saturated heterocycles. The molecule has 2 amide bonds. The van der Waals surface area contributed by atoms with Crippen LogP contribution in [-0.2, 0) is 33.5 Å². The molecule has 1 aromatic heterocycles. The molecule has 43 heavy (non-hydrogen) atoms. The highest BCUT2D eigenvalue weighted by Gasteiger charge is 2.43. The lowest BCUT2D eigenvalue weighted by molar-refractivity contribution is -0.148. The molecule has 0 unspecified atom stereocenters. The zero-order valence-corrected chi connectivity index (χ0v) is 23.0. The van der Waals surface area contributed by atoms with Crippen LogP contribution in [0.4, 0.5) is 28.0 Å². The summed E-state index contributed by atoms with van der Waals surface area (Å²) in [6.45, 7) is 0.795. The van der Waals surface area contributed by atoms with Crippen molar-refractivity contribution in [1.82, 2.24) is 15.1 Å². The summed E-state index contributed by atoms with van der Waals surface area (Å²) in [6.07, 6.45) is -1.75. The standard InChI is InChI=1S/C30H28F4N4O5/c1-43-29(42)38-12-11-21-18(15-38)14-35-37-26(21)17-7-5-16(6-8-17)20-3-2-4-22(25(20)28(40)41)27(39)36-24-10-9-19(13-23(24)31)30(32,33)34/h5-10,13-14,20,22,25H,2-4,11-12,15H2,1H3,(H,36,39)(H,40,41)/t20-,22-,25-/m1/s1. The predicted molar refractivity (Wildman–Crippen MR) is 145 cm³/mol. The van der Waals surface area contributed by atoms with E-state index in [0.717, 1.165) is 22.8 Å². The number of methoxy groups -OCH3 is 1. The average Bonchev–Trinajstić information content (AvgIpc) is 3.00. The van der Waals surface area contributed by atoms with Gasteiger partial charge in [-0.15, -0.1) is 0 Å². The molecule has 0 spiro atoms. The number of fused-ring (bicyclic) bond motifs is 1. The summed E-state index contributed by atoms with van der Waals surface area (Å²) < 4.78 is 57.9. The first-order valence-electron chi connectivity index (χ1n) is 13.6. The van der Waals surface area contributed by atoms with Crippen molar-refractivity contribution in [2.45, 2.75) is 44.3 Å². The Morgan fingerprint density at radius 1 is 1.09 bits per heavy atom. The van der Waals surface area contributed by atoms with Crippen LogP contribution in [-0.4, -0.2) is 51.8 Å². The molecule has 2 N–H and O–H groups in total. The second-order valence-corrected chi connectivity index (χ2v) is 10.7. The van der Waals surface area contributed by atoms with Crippen LogP contribution in [0.2, 0.25) is 0 Å². The number of carboxylic acid groups (broad SMARTS) is 1. The van der Waals surface area contributed by atoms with Crippen LogP contribution in [0, 0.1) is 17.7 Å². The van der Waals surface area contributed by atoms with E-state index < -0.39 is 59.0 Å². The topological polar surface area (TPSA) is 122 Å². The third-order valence-electron chi connectivity index (χ3n) is 8.16. The van der Waals surface area contributed by atoms with Gasteiger partial charge < -0.3 is 20.1 Å². The molecule has 2 aliphatic rings. The van der Waals surface area contributed by atoms with Crippen LogP contribution in [0.5, 0.6) is 0 Å². The van der Waals surface area contributed by atoms with Gasteiger partial charge in [-0.25, -0.2) is 9.18 Å². The molecule has 1 aliphatic carbocycles. The number of carbonyl (C=O) groups is 3. The number of aliphatic carboxylic acids is 1. The molecule has 3 aromatic rings. The average molecular weight is 601 g/mol. The minimum atomic E-state index is -4.75. The van der Waals surface area contributed by atoms with Crippen LogP contribution >= 0.6 is 0 Å². The zero-order chi connectivity index (χ0) is 30.9. The van der Waals surface area contributed by atoms with Crippen molar-refractivity contribution < 1.29 is 41.8 Å². The largest absolute Gasteiger partial charge is 0.481 e. The molecular weight excluding hydrogens is 572 g/mol. The Labute approximate surface area is 243 Å². The molecule has 0 radical (unpaired) electrons. The molecule has 0 bridgehead atoms. The Morgan fingerprint density at radius 3 is 2.49 bits per heavy atom. The van der Waals surface area contributed by atoms with Gasteiger partial charge in [0.2, 0.25) is 5.91 Å². The van der Waals surface area contributed by atoms with Crippen LogP contribution in [0.15, 0.2) is 48.7 Å². The number of alkyl halides is 3. The number of halogens is 4. The number of hydrogen-bond donors (Lipinski definition) is 2. The van der Waals surface area contributed by atoms with E-state index in [1.165, 1.54) is 7.11 Å². The highest BCUT2D eigenvalue weighted by atomic mass is 19.4. The molecule has 5 rings (SSSR count). The van der Waals surface area contributed by atoms with Crippen LogP contribution < -0.4 is 5.32 Å². The molecular formula is C30H28F4N4O5. The number of aromatic nitrogens is 2. The minimum absolute atomic E-state index is 0.230. The van der Waals surface area contributed by atoms with E-state index in [2.05, 4.69) is 15.5 Å². The van der Waals surface area contributed by atoms with Gasteiger partial charge in [0.25, 0.3) is 0 Å². The number of anilines is 1. The third kappa shape index (κ3) is 6.15. The summed E-state index contributed by atoms with van der Waals surface area (Å²) in [4.78, 5) is 39.1. The van der Waals surface area contributed by atoms with E-state index in [-0.39, 0.29) is 6.42 Å². The lowest BCUT2D eigenvalue weighted by Gasteiger charge is -2.35. The third-order valence-corrected chi connectivity index (χ3v) is 8.16. The Hall–Kier alpha value is -4.55. The maximum Gasteiger partial charge on any atom is 0.416 e. The van der Waals surface area contributed by atoms with Crippen molar-refractivity contribution in [3.8, 4) is 11.3 Å².